The number of hydrogen-bond acceptors (Lipinski definition) is 6. The average molecular weight is 442 g/mol. The Kier molecular flexibility index (Phi) is 7.71. The lowest BCUT2D eigenvalue weighted by molar-refractivity contribution is -0.192. The number of carboxylic acids is 1. The van der Waals surface area contributed by atoms with Crippen LogP contribution in [0.5, 0.6) is 0 Å². The minimum atomic E-state index is -5.08. The summed E-state index contributed by atoms with van der Waals surface area (Å²) < 4.78 is 34.0. The number of carbonyl (C=O) groups is 2. The summed E-state index contributed by atoms with van der Waals surface area (Å²) >= 11 is 0. The van der Waals surface area contributed by atoms with Gasteiger partial charge in [0.25, 0.3) is 5.91 Å². The molecule has 1 N–H and O–H groups in total. The first-order valence-corrected chi connectivity index (χ1v) is 9.51. The van der Waals surface area contributed by atoms with Gasteiger partial charge in [-0.3, -0.25) is 14.7 Å². The molecule has 0 radical (unpaired) electrons. The Morgan fingerprint density at radius 2 is 1.81 bits per heavy atom. The summed E-state index contributed by atoms with van der Waals surface area (Å²) in [5.41, 5.74) is 2.39. The van der Waals surface area contributed by atoms with Crippen molar-refractivity contribution >= 4 is 11.9 Å². The lowest BCUT2D eigenvalue weighted by Gasteiger charge is -2.29. The van der Waals surface area contributed by atoms with Crippen molar-refractivity contribution in [1.29, 1.82) is 0 Å². The van der Waals surface area contributed by atoms with Gasteiger partial charge < -0.3 is 14.6 Å². The Morgan fingerprint density at radius 3 is 2.32 bits per heavy atom. The Bertz CT molecular complexity index is 912. The number of alkyl halides is 3. The van der Waals surface area contributed by atoms with E-state index in [1.54, 1.807) is 17.3 Å². The first-order chi connectivity index (χ1) is 14.4. The molecule has 0 atom stereocenters. The molecule has 0 spiro atoms. The van der Waals surface area contributed by atoms with Gasteiger partial charge in [0.15, 0.2) is 0 Å². The molecule has 31 heavy (non-hydrogen) atoms. The Morgan fingerprint density at radius 1 is 1.16 bits per heavy atom. The van der Waals surface area contributed by atoms with Crippen LogP contribution in [0, 0.1) is 6.92 Å². The second kappa shape index (κ2) is 9.86. The van der Waals surface area contributed by atoms with E-state index in [-0.39, 0.29) is 5.91 Å². The van der Waals surface area contributed by atoms with Crippen molar-refractivity contribution in [3.63, 3.8) is 0 Å². The number of carbonyl (C=O) groups excluding carboxylic acids is 1. The predicted molar refractivity (Wildman–Crippen MR) is 104 cm³/mol. The summed E-state index contributed by atoms with van der Waals surface area (Å²) in [6.45, 7) is 9.02. The van der Waals surface area contributed by atoms with E-state index in [0.717, 1.165) is 24.6 Å². The predicted octanol–water partition coefficient (Wildman–Crippen LogP) is 2.11. The van der Waals surface area contributed by atoms with Crippen LogP contribution >= 0.6 is 0 Å². The van der Waals surface area contributed by atoms with Crippen LogP contribution in [-0.4, -0.2) is 72.1 Å². The van der Waals surface area contributed by atoms with Gasteiger partial charge in [-0.05, 0) is 27.8 Å². The first kappa shape index (κ1) is 24.3. The van der Waals surface area contributed by atoms with Crippen LogP contribution in [0.3, 0.4) is 0 Å². The maximum absolute atomic E-state index is 12.6. The average Bonchev–Trinajstić information content (AvgIpc) is 3.09. The van der Waals surface area contributed by atoms with Gasteiger partial charge in [-0.2, -0.15) is 13.2 Å². The quantitative estimate of drug-likeness (QED) is 0.773. The van der Waals surface area contributed by atoms with Crippen LogP contribution in [0.25, 0.3) is 0 Å². The van der Waals surface area contributed by atoms with Crippen molar-refractivity contribution in [1.82, 2.24) is 29.3 Å². The zero-order valence-electron chi connectivity index (χ0n) is 17.7. The number of aryl methyl sites for hydroxylation is 1. The van der Waals surface area contributed by atoms with Gasteiger partial charge in [0, 0.05) is 38.1 Å². The lowest BCUT2D eigenvalue weighted by atomic mass is 10.2. The summed E-state index contributed by atoms with van der Waals surface area (Å²) in [4.78, 5) is 38.4. The number of imidazole rings is 1. The van der Waals surface area contributed by atoms with E-state index in [1.807, 2.05) is 13.1 Å². The van der Waals surface area contributed by atoms with Crippen LogP contribution in [0.4, 0.5) is 13.2 Å². The van der Waals surface area contributed by atoms with E-state index < -0.39 is 12.1 Å². The van der Waals surface area contributed by atoms with Crippen molar-refractivity contribution in [3.8, 4) is 0 Å². The number of aromatic nitrogens is 4. The molecule has 2 aromatic rings. The summed E-state index contributed by atoms with van der Waals surface area (Å²) in [5.74, 6) is -1.91. The molecule has 1 aliphatic rings. The van der Waals surface area contributed by atoms with E-state index >= 15 is 0 Å². The van der Waals surface area contributed by atoms with E-state index in [4.69, 9.17) is 9.90 Å². The molecule has 0 saturated heterocycles. The monoisotopic (exact) mass is 442 g/mol. The highest BCUT2D eigenvalue weighted by Crippen LogP contribution is 2.17. The molecular weight excluding hydrogens is 417 g/mol. The van der Waals surface area contributed by atoms with Gasteiger partial charge in [0.05, 0.1) is 24.1 Å². The molecular formula is C19H25F3N6O3. The van der Waals surface area contributed by atoms with E-state index in [1.165, 1.54) is 5.69 Å². The third-order valence-electron chi connectivity index (χ3n) is 4.77. The molecule has 0 fully saturated rings. The zero-order valence-corrected chi connectivity index (χ0v) is 17.7. The molecule has 3 rings (SSSR count). The topological polar surface area (TPSA) is 104 Å². The van der Waals surface area contributed by atoms with Crippen LogP contribution in [0.2, 0.25) is 0 Å². The number of halogens is 3. The van der Waals surface area contributed by atoms with Crippen molar-refractivity contribution in [3.05, 3.63) is 41.5 Å². The number of nitrogens with zero attached hydrogens (tertiary/aromatic N) is 6. The van der Waals surface area contributed by atoms with E-state index in [2.05, 4.69) is 45.3 Å². The normalized spacial score (nSPS) is 13.6. The van der Waals surface area contributed by atoms with E-state index in [9.17, 15) is 18.0 Å². The zero-order chi connectivity index (χ0) is 23.3. The minimum absolute atomic E-state index is 0.0856. The molecule has 1 aliphatic heterocycles. The van der Waals surface area contributed by atoms with E-state index in [0.29, 0.717) is 24.8 Å². The van der Waals surface area contributed by atoms with Crippen molar-refractivity contribution < 1.29 is 27.9 Å². The van der Waals surface area contributed by atoms with Gasteiger partial charge in [-0.15, -0.1) is 0 Å². The largest absolute Gasteiger partial charge is 0.490 e. The molecule has 3 heterocycles. The molecule has 9 nitrogen and oxygen atoms in total. The third-order valence-corrected chi connectivity index (χ3v) is 4.77. The Balaban J connectivity index is 0.000000423. The highest BCUT2D eigenvalue weighted by molar-refractivity contribution is 5.92. The second-order valence-corrected chi connectivity index (χ2v) is 7.40. The van der Waals surface area contributed by atoms with Gasteiger partial charge in [0.2, 0.25) is 0 Å². The maximum Gasteiger partial charge on any atom is 0.490 e. The van der Waals surface area contributed by atoms with Crippen LogP contribution in [0.1, 0.15) is 41.5 Å². The van der Waals surface area contributed by atoms with Gasteiger partial charge >= 0.3 is 12.1 Å². The number of hydrogen-bond donors (Lipinski definition) is 1. The number of rotatable bonds is 4. The molecule has 0 saturated carbocycles. The summed E-state index contributed by atoms with van der Waals surface area (Å²) in [6.07, 6.45) is 0.00757. The van der Waals surface area contributed by atoms with Gasteiger partial charge in [0.1, 0.15) is 11.5 Å². The fourth-order valence-corrected chi connectivity index (χ4v) is 2.73. The van der Waals surface area contributed by atoms with Crippen LogP contribution in [0.15, 0.2) is 18.6 Å². The number of amides is 1. The molecule has 2 aromatic heterocycles. The molecule has 0 unspecified atom stereocenters. The smallest absolute Gasteiger partial charge is 0.475 e. The minimum Gasteiger partial charge on any atom is -0.475 e. The molecule has 1 amide bonds. The van der Waals surface area contributed by atoms with Gasteiger partial charge in [-0.1, -0.05) is 0 Å². The SMILES string of the molecule is Cc1cnc(C(=O)N2CCn3c(CN(C)C(C)C)cnc3C2)cn1.O=C(O)C(F)(F)F. The highest BCUT2D eigenvalue weighted by Gasteiger charge is 2.38. The Labute approximate surface area is 177 Å². The molecule has 0 aromatic carbocycles. The second-order valence-electron chi connectivity index (χ2n) is 7.40. The highest BCUT2D eigenvalue weighted by atomic mass is 19.4. The Hall–Kier alpha value is -3.02. The number of fused-ring (bicyclic) bond motifs is 1. The number of carboxylic acid groups (broad SMARTS) is 1. The first-order valence-electron chi connectivity index (χ1n) is 9.51. The summed E-state index contributed by atoms with van der Waals surface area (Å²) in [7, 11) is 2.11. The summed E-state index contributed by atoms with van der Waals surface area (Å²) in [6, 6.07) is 0.484. The molecule has 0 aliphatic carbocycles. The third kappa shape index (κ3) is 6.48. The summed E-state index contributed by atoms with van der Waals surface area (Å²) in [5, 5.41) is 7.12. The van der Waals surface area contributed by atoms with Crippen molar-refractivity contribution in [2.75, 3.05) is 13.6 Å². The lowest BCUT2D eigenvalue weighted by Crippen LogP contribution is -2.39. The molecule has 12 heteroatoms. The van der Waals surface area contributed by atoms with Crippen LogP contribution in [-0.2, 0) is 24.4 Å². The fraction of sp³-hybridized carbons (Fsp3) is 0.526. The fourth-order valence-electron chi connectivity index (χ4n) is 2.73. The van der Waals surface area contributed by atoms with Gasteiger partial charge in [-0.25, -0.2) is 14.8 Å². The van der Waals surface area contributed by atoms with Crippen molar-refractivity contribution in [2.45, 2.75) is 52.6 Å². The molecule has 170 valence electrons. The molecule has 0 bridgehead atoms. The standard InChI is InChI=1S/C17H24N6O.C2HF3O2/c1-12(2)21(4)10-14-8-20-16-11-22(5-6-23(14)16)17(24)15-9-18-13(3)7-19-15;3-2(4,5)1(6)7/h7-9,12H,5-6,10-11H2,1-4H3;(H,6,7). The van der Waals surface area contributed by atoms with Crippen molar-refractivity contribution in [2.24, 2.45) is 0 Å². The number of aliphatic carboxylic acids is 1. The maximum atomic E-state index is 12.6. The van der Waals surface area contributed by atoms with Crippen LogP contribution < -0.4 is 0 Å².